The highest BCUT2D eigenvalue weighted by molar-refractivity contribution is 6.02. The van der Waals surface area contributed by atoms with Gasteiger partial charge in [-0.25, -0.2) is 4.68 Å². The summed E-state index contributed by atoms with van der Waals surface area (Å²) in [6.45, 7) is 5.45. The Hall–Kier alpha value is -2.91. The number of aromatic nitrogens is 4. The lowest BCUT2D eigenvalue weighted by molar-refractivity contribution is 0.0901. The quantitative estimate of drug-likeness (QED) is 0.551. The van der Waals surface area contributed by atoms with E-state index in [1.54, 1.807) is 11.8 Å². The third-order valence-corrected chi connectivity index (χ3v) is 5.74. The van der Waals surface area contributed by atoms with Crippen molar-refractivity contribution >= 4 is 28.8 Å². The molecule has 0 aliphatic carbocycles. The molecule has 0 bridgehead atoms. The number of H-pyrrole nitrogens is 1. The smallest absolute Gasteiger partial charge is 0.265 e. The summed E-state index contributed by atoms with van der Waals surface area (Å²) in [6, 6.07) is 8.66. The van der Waals surface area contributed by atoms with Crippen LogP contribution in [0.3, 0.4) is 0 Å². The number of aromatic amines is 1. The predicted octanol–water partition coefficient (Wildman–Crippen LogP) is 2.07. The third-order valence-electron chi connectivity index (χ3n) is 5.74. The fraction of sp³-hybridized carbons (Fsp3) is 0.476. The van der Waals surface area contributed by atoms with Gasteiger partial charge in [0.2, 0.25) is 5.95 Å². The van der Waals surface area contributed by atoms with Crippen molar-refractivity contribution in [3.05, 3.63) is 35.4 Å². The average Bonchev–Trinajstić information content (AvgIpc) is 3.22. The van der Waals surface area contributed by atoms with E-state index in [0.717, 1.165) is 17.9 Å². The second-order valence-corrected chi connectivity index (χ2v) is 7.99. The van der Waals surface area contributed by atoms with Gasteiger partial charge in [-0.05, 0) is 37.1 Å². The number of carbonyl (C=O) groups is 1. The predicted molar refractivity (Wildman–Crippen MR) is 115 cm³/mol. The van der Waals surface area contributed by atoms with E-state index in [4.69, 9.17) is 9.72 Å². The minimum Gasteiger partial charge on any atom is -0.383 e. The monoisotopic (exact) mass is 409 g/mol. The number of benzene rings is 1. The molecule has 5 rings (SSSR count). The summed E-state index contributed by atoms with van der Waals surface area (Å²) >= 11 is 0. The van der Waals surface area contributed by atoms with Crippen molar-refractivity contribution in [1.82, 2.24) is 24.6 Å². The highest BCUT2D eigenvalue weighted by Gasteiger charge is 2.30. The first-order valence-electron chi connectivity index (χ1n) is 10.5. The van der Waals surface area contributed by atoms with E-state index in [-0.39, 0.29) is 12.5 Å². The Morgan fingerprint density at radius 1 is 1.17 bits per heavy atom. The standard InChI is InChI=1S/C21H27N7O2/c1-30-10-7-22-21-23-19-18-20(24-21)27(14-17(29)28(18)25-19)13-16-6-4-5-15(11-16)12-26-8-2-3-9-26/h4-6,11H,2-3,7-10,12-14H2,1H3,(H2,22,23,24,25). The van der Waals surface area contributed by atoms with E-state index in [9.17, 15) is 4.79 Å². The molecule has 0 atom stereocenters. The molecule has 30 heavy (non-hydrogen) atoms. The van der Waals surface area contributed by atoms with Gasteiger partial charge >= 0.3 is 0 Å². The maximum absolute atomic E-state index is 12.5. The van der Waals surface area contributed by atoms with Crippen LogP contribution in [0.2, 0.25) is 0 Å². The fourth-order valence-electron chi connectivity index (χ4n) is 4.27. The summed E-state index contributed by atoms with van der Waals surface area (Å²) in [5.74, 6) is 1.32. The molecule has 158 valence electrons. The van der Waals surface area contributed by atoms with Crippen molar-refractivity contribution < 1.29 is 9.53 Å². The Labute approximate surface area is 175 Å². The molecule has 4 heterocycles. The molecule has 3 aromatic rings. The number of likely N-dealkylation sites (tertiary alicyclic amines) is 1. The maximum Gasteiger partial charge on any atom is 0.265 e. The fourth-order valence-corrected chi connectivity index (χ4v) is 4.27. The van der Waals surface area contributed by atoms with Gasteiger partial charge in [-0.15, -0.1) is 0 Å². The van der Waals surface area contributed by atoms with Crippen molar-refractivity contribution in [3.63, 3.8) is 0 Å². The molecule has 2 aliphatic heterocycles. The van der Waals surface area contributed by atoms with Gasteiger partial charge in [-0.2, -0.15) is 9.97 Å². The number of anilines is 2. The Morgan fingerprint density at radius 2 is 1.97 bits per heavy atom. The second kappa shape index (κ2) is 8.08. The number of nitrogens with zero attached hydrogens (tertiary/aromatic N) is 5. The van der Waals surface area contributed by atoms with Gasteiger partial charge in [0.05, 0.1) is 6.61 Å². The van der Waals surface area contributed by atoms with E-state index < -0.39 is 0 Å². The van der Waals surface area contributed by atoms with Crippen molar-refractivity contribution in [2.24, 2.45) is 0 Å². The van der Waals surface area contributed by atoms with Crippen LogP contribution in [0.25, 0.3) is 11.2 Å². The first kappa shape index (κ1) is 19.1. The van der Waals surface area contributed by atoms with Crippen molar-refractivity contribution in [2.45, 2.75) is 25.9 Å². The molecular formula is C21H27N7O2. The molecule has 1 fully saturated rings. The van der Waals surface area contributed by atoms with Gasteiger partial charge in [0.1, 0.15) is 6.54 Å². The Kier molecular flexibility index (Phi) is 5.14. The van der Waals surface area contributed by atoms with Crippen molar-refractivity contribution in [3.8, 4) is 0 Å². The highest BCUT2D eigenvalue weighted by atomic mass is 16.5. The molecule has 9 nitrogen and oxygen atoms in total. The highest BCUT2D eigenvalue weighted by Crippen LogP contribution is 2.31. The zero-order valence-corrected chi connectivity index (χ0v) is 17.2. The summed E-state index contributed by atoms with van der Waals surface area (Å²) in [7, 11) is 1.66. The lowest BCUT2D eigenvalue weighted by Crippen LogP contribution is -2.41. The molecule has 0 unspecified atom stereocenters. The molecule has 2 N–H and O–H groups in total. The van der Waals surface area contributed by atoms with Crippen LogP contribution in [0, 0.1) is 0 Å². The molecule has 1 saturated heterocycles. The van der Waals surface area contributed by atoms with E-state index in [2.05, 4.69) is 44.6 Å². The van der Waals surface area contributed by atoms with Crippen LogP contribution < -0.4 is 10.2 Å². The topological polar surface area (TPSA) is 91.3 Å². The van der Waals surface area contributed by atoms with E-state index in [0.29, 0.717) is 31.3 Å². The summed E-state index contributed by atoms with van der Waals surface area (Å²) in [5, 5.41) is 6.19. The van der Waals surface area contributed by atoms with Crippen LogP contribution in [0.1, 0.15) is 28.8 Å². The molecule has 2 aliphatic rings. The van der Waals surface area contributed by atoms with Crippen molar-refractivity contribution in [2.75, 3.05) is 50.1 Å². The first-order chi connectivity index (χ1) is 14.7. The lowest BCUT2D eigenvalue weighted by Gasteiger charge is -2.32. The van der Waals surface area contributed by atoms with Gasteiger partial charge in [0.15, 0.2) is 17.0 Å². The maximum atomic E-state index is 12.5. The molecule has 0 amide bonds. The van der Waals surface area contributed by atoms with E-state index in [1.165, 1.54) is 37.1 Å². The Morgan fingerprint density at radius 3 is 2.77 bits per heavy atom. The van der Waals surface area contributed by atoms with Gasteiger partial charge < -0.3 is 15.0 Å². The van der Waals surface area contributed by atoms with Crippen LogP contribution in [-0.2, 0) is 17.8 Å². The second-order valence-electron chi connectivity index (χ2n) is 7.99. The van der Waals surface area contributed by atoms with Gasteiger partial charge in [0.25, 0.3) is 5.91 Å². The number of rotatable bonds is 8. The number of hydrogen-bond acceptors (Lipinski definition) is 7. The third kappa shape index (κ3) is 3.66. The first-order valence-corrected chi connectivity index (χ1v) is 10.5. The SMILES string of the molecule is COCCNc1nc2c3c(n1)[nH]n3C(=O)CN2Cc1cccc(CN2CCCC2)c1. The van der Waals surface area contributed by atoms with Crippen molar-refractivity contribution in [1.29, 1.82) is 0 Å². The van der Waals surface area contributed by atoms with Crippen LogP contribution >= 0.6 is 0 Å². The average molecular weight is 409 g/mol. The molecule has 9 heteroatoms. The molecule has 0 radical (unpaired) electrons. The van der Waals surface area contributed by atoms with Crippen LogP contribution in [0.5, 0.6) is 0 Å². The van der Waals surface area contributed by atoms with Crippen LogP contribution in [-0.4, -0.2) is 70.5 Å². The zero-order chi connectivity index (χ0) is 20.5. The zero-order valence-electron chi connectivity index (χ0n) is 17.2. The van der Waals surface area contributed by atoms with Crippen LogP contribution in [0.4, 0.5) is 11.8 Å². The summed E-state index contributed by atoms with van der Waals surface area (Å²) in [4.78, 5) is 26.2. The molecule has 1 aromatic carbocycles. The summed E-state index contributed by atoms with van der Waals surface area (Å²) in [5.41, 5.74) is 3.94. The van der Waals surface area contributed by atoms with Gasteiger partial charge in [-0.3, -0.25) is 14.8 Å². The lowest BCUT2D eigenvalue weighted by atomic mass is 10.1. The van der Waals surface area contributed by atoms with Gasteiger partial charge in [0, 0.05) is 26.7 Å². The molecule has 0 spiro atoms. The summed E-state index contributed by atoms with van der Waals surface area (Å²) < 4.78 is 6.63. The Balaban J connectivity index is 1.38. The number of nitrogens with one attached hydrogen (secondary N) is 2. The molecular weight excluding hydrogens is 382 g/mol. The number of ether oxygens (including phenoxy) is 1. The normalized spacial score (nSPS) is 16.7. The number of hydrogen-bond donors (Lipinski definition) is 2. The molecule has 2 aromatic heterocycles. The number of carbonyl (C=O) groups excluding carboxylic acids is 1. The minimum atomic E-state index is 0.00640. The summed E-state index contributed by atoms with van der Waals surface area (Å²) in [6.07, 6.45) is 2.58. The minimum absolute atomic E-state index is 0.00640. The molecule has 0 saturated carbocycles. The number of methoxy groups -OCH3 is 1. The van der Waals surface area contributed by atoms with E-state index in [1.807, 2.05) is 4.90 Å². The van der Waals surface area contributed by atoms with Crippen LogP contribution in [0.15, 0.2) is 24.3 Å². The largest absolute Gasteiger partial charge is 0.383 e. The van der Waals surface area contributed by atoms with E-state index >= 15 is 0 Å². The van der Waals surface area contributed by atoms with Gasteiger partial charge in [-0.1, -0.05) is 24.3 Å². The Bertz CT molecular complexity index is 1050.